The Morgan fingerprint density at radius 2 is 1.82 bits per heavy atom. The van der Waals surface area contributed by atoms with Gasteiger partial charge in [0.2, 0.25) is 5.91 Å². The van der Waals surface area contributed by atoms with Crippen molar-refractivity contribution in [1.29, 1.82) is 0 Å². The van der Waals surface area contributed by atoms with Gasteiger partial charge in [-0.1, -0.05) is 30.3 Å². The highest BCUT2D eigenvalue weighted by molar-refractivity contribution is 7.93. The van der Waals surface area contributed by atoms with Crippen LogP contribution in [-0.4, -0.2) is 26.4 Å². The van der Waals surface area contributed by atoms with Gasteiger partial charge in [-0.05, 0) is 30.7 Å². The van der Waals surface area contributed by atoms with Gasteiger partial charge in [-0.2, -0.15) is 0 Å². The normalized spacial score (nSPS) is 11.0. The van der Waals surface area contributed by atoms with Gasteiger partial charge in [-0.3, -0.25) is 9.52 Å². The van der Waals surface area contributed by atoms with E-state index in [-0.39, 0.29) is 22.4 Å². The molecule has 0 spiro atoms. The third-order valence-corrected chi connectivity index (χ3v) is 6.11. The molecule has 2 N–H and O–H groups in total. The number of hydrogen-bond donors (Lipinski definition) is 2. The average molecular weight is 418 g/mol. The SMILES string of the molecule is COc1ccccc1NC(=O)CCc1csc(NS(=O)(=O)c2ccccc2)n1. The number of ether oxygens (including phenoxy) is 1. The summed E-state index contributed by atoms with van der Waals surface area (Å²) in [6, 6.07) is 15.2. The summed E-state index contributed by atoms with van der Waals surface area (Å²) in [7, 11) is -2.13. The van der Waals surface area contributed by atoms with Gasteiger partial charge in [0.25, 0.3) is 10.0 Å². The molecule has 0 unspecified atom stereocenters. The highest BCUT2D eigenvalue weighted by Gasteiger charge is 2.16. The first-order valence-corrected chi connectivity index (χ1v) is 10.8. The summed E-state index contributed by atoms with van der Waals surface area (Å²) >= 11 is 1.18. The van der Waals surface area contributed by atoms with Crippen LogP contribution in [-0.2, 0) is 21.2 Å². The van der Waals surface area contributed by atoms with Gasteiger partial charge >= 0.3 is 0 Å². The summed E-state index contributed by atoms with van der Waals surface area (Å²) in [5.74, 6) is 0.408. The van der Waals surface area contributed by atoms with E-state index in [1.165, 1.54) is 30.6 Å². The van der Waals surface area contributed by atoms with Crippen molar-refractivity contribution >= 4 is 38.1 Å². The molecule has 0 bridgehead atoms. The molecule has 2 aromatic carbocycles. The van der Waals surface area contributed by atoms with Crippen LogP contribution >= 0.6 is 11.3 Å². The maximum Gasteiger partial charge on any atom is 0.263 e. The summed E-state index contributed by atoms with van der Waals surface area (Å²) in [6.45, 7) is 0. The second kappa shape index (κ2) is 8.85. The molecule has 28 heavy (non-hydrogen) atoms. The lowest BCUT2D eigenvalue weighted by Crippen LogP contribution is -2.14. The number of carbonyl (C=O) groups excluding carboxylic acids is 1. The lowest BCUT2D eigenvalue weighted by atomic mass is 10.2. The number of amides is 1. The fraction of sp³-hybridized carbons (Fsp3) is 0.158. The maximum atomic E-state index is 12.3. The van der Waals surface area contributed by atoms with E-state index in [0.717, 1.165) is 0 Å². The Hall–Kier alpha value is -2.91. The number of nitrogens with zero attached hydrogens (tertiary/aromatic N) is 1. The van der Waals surface area contributed by atoms with Gasteiger partial charge in [0.1, 0.15) is 5.75 Å². The molecule has 0 aliphatic carbocycles. The van der Waals surface area contributed by atoms with Gasteiger partial charge < -0.3 is 10.1 Å². The molecule has 0 radical (unpaired) electrons. The topological polar surface area (TPSA) is 97.4 Å². The van der Waals surface area contributed by atoms with E-state index in [1.54, 1.807) is 35.7 Å². The first-order chi connectivity index (χ1) is 13.5. The van der Waals surface area contributed by atoms with Crippen LogP contribution in [0.3, 0.4) is 0 Å². The lowest BCUT2D eigenvalue weighted by molar-refractivity contribution is -0.116. The monoisotopic (exact) mass is 417 g/mol. The number of benzene rings is 2. The first kappa shape index (κ1) is 19.8. The minimum absolute atomic E-state index is 0.169. The zero-order valence-corrected chi connectivity index (χ0v) is 16.7. The second-order valence-corrected chi connectivity index (χ2v) is 8.35. The third kappa shape index (κ3) is 5.08. The van der Waals surface area contributed by atoms with E-state index in [9.17, 15) is 13.2 Å². The standard InChI is InChI=1S/C19H19N3O4S2/c1-26-17-10-6-5-9-16(17)21-18(23)12-11-14-13-27-19(20-14)22-28(24,25)15-7-3-2-4-8-15/h2-10,13H,11-12H2,1H3,(H,20,22)(H,21,23). The zero-order chi connectivity index (χ0) is 20.0. The molecule has 0 atom stereocenters. The largest absolute Gasteiger partial charge is 0.495 e. The van der Waals surface area contributed by atoms with Crippen LogP contribution in [0.15, 0.2) is 64.9 Å². The minimum Gasteiger partial charge on any atom is -0.495 e. The van der Waals surface area contributed by atoms with Gasteiger partial charge in [0.05, 0.1) is 23.4 Å². The van der Waals surface area contributed by atoms with Crippen molar-refractivity contribution in [2.24, 2.45) is 0 Å². The Labute approximate surface area is 167 Å². The Kier molecular flexibility index (Phi) is 6.27. The van der Waals surface area contributed by atoms with Crippen LogP contribution < -0.4 is 14.8 Å². The van der Waals surface area contributed by atoms with Crippen LogP contribution in [0.4, 0.5) is 10.8 Å². The van der Waals surface area contributed by atoms with E-state index in [2.05, 4.69) is 15.0 Å². The molecule has 146 valence electrons. The molecule has 1 aromatic heterocycles. The number of thiazole rings is 1. The van der Waals surface area contributed by atoms with Crippen molar-refractivity contribution in [3.63, 3.8) is 0 Å². The van der Waals surface area contributed by atoms with Gasteiger partial charge in [-0.25, -0.2) is 13.4 Å². The molecule has 1 amide bonds. The van der Waals surface area contributed by atoms with Crippen molar-refractivity contribution in [2.75, 3.05) is 17.1 Å². The third-order valence-electron chi connectivity index (χ3n) is 3.82. The van der Waals surface area contributed by atoms with Crippen molar-refractivity contribution in [2.45, 2.75) is 17.7 Å². The molecular formula is C19H19N3O4S2. The molecule has 3 rings (SSSR count). The smallest absolute Gasteiger partial charge is 0.263 e. The van der Waals surface area contributed by atoms with Gasteiger partial charge in [0, 0.05) is 11.8 Å². The zero-order valence-electron chi connectivity index (χ0n) is 15.1. The molecule has 3 aromatic rings. The summed E-state index contributed by atoms with van der Waals surface area (Å²) in [4.78, 5) is 16.6. The molecular weight excluding hydrogens is 398 g/mol. The second-order valence-electron chi connectivity index (χ2n) is 5.81. The molecule has 0 aliphatic heterocycles. The van der Waals surface area contributed by atoms with Crippen LogP contribution in [0.25, 0.3) is 0 Å². The van der Waals surface area contributed by atoms with Crippen LogP contribution in [0, 0.1) is 0 Å². The average Bonchev–Trinajstić information content (AvgIpc) is 3.14. The number of aromatic nitrogens is 1. The predicted molar refractivity (Wildman–Crippen MR) is 109 cm³/mol. The van der Waals surface area contributed by atoms with E-state index >= 15 is 0 Å². The predicted octanol–water partition coefficient (Wildman–Crippen LogP) is 3.52. The summed E-state index contributed by atoms with van der Waals surface area (Å²) in [5, 5.41) is 4.80. The number of anilines is 2. The number of carbonyl (C=O) groups is 1. The minimum atomic E-state index is -3.67. The Balaban J connectivity index is 1.57. The van der Waals surface area contributed by atoms with Crippen molar-refractivity contribution in [3.8, 4) is 5.75 Å². The highest BCUT2D eigenvalue weighted by Crippen LogP contribution is 2.24. The molecule has 9 heteroatoms. The Bertz CT molecular complexity index is 1050. The molecule has 7 nitrogen and oxygen atoms in total. The molecule has 0 saturated carbocycles. The van der Waals surface area contributed by atoms with Gasteiger partial charge in [-0.15, -0.1) is 11.3 Å². The van der Waals surface area contributed by atoms with E-state index in [0.29, 0.717) is 23.6 Å². The number of hydrogen-bond acceptors (Lipinski definition) is 6. The number of nitrogens with one attached hydrogen (secondary N) is 2. The number of sulfonamides is 1. The number of rotatable bonds is 8. The molecule has 0 fully saturated rings. The van der Waals surface area contributed by atoms with E-state index < -0.39 is 10.0 Å². The quantitative estimate of drug-likeness (QED) is 0.584. The van der Waals surface area contributed by atoms with Crippen molar-refractivity contribution in [3.05, 3.63) is 65.7 Å². The van der Waals surface area contributed by atoms with Crippen molar-refractivity contribution in [1.82, 2.24) is 4.98 Å². The van der Waals surface area contributed by atoms with E-state index in [4.69, 9.17) is 4.74 Å². The summed E-state index contributed by atoms with van der Waals surface area (Å²) in [6.07, 6.45) is 0.608. The number of aryl methyl sites for hydroxylation is 1. The summed E-state index contributed by atoms with van der Waals surface area (Å²) in [5.41, 5.74) is 1.25. The van der Waals surface area contributed by atoms with Crippen LogP contribution in [0.1, 0.15) is 12.1 Å². The number of para-hydroxylation sites is 2. The lowest BCUT2D eigenvalue weighted by Gasteiger charge is -2.09. The molecule has 1 heterocycles. The van der Waals surface area contributed by atoms with Gasteiger partial charge in [0.15, 0.2) is 5.13 Å². The van der Waals surface area contributed by atoms with Crippen LogP contribution in [0.5, 0.6) is 5.75 Å². The summed E-state index contributed by atoms with van der Waals surface area (Å²) < 4.78 is 32.3. The van der Waals surface area contributed by atoms with Crippen LogP contribution in [0.2, 0.25) is 0 Å². The Morgan fingerprint density at radius 1 is 1.11 bits per heavy atom. The molecule has 0 saturated heterocycles. The fourth-order valence-electron chi connectivity index (χ4n) is 2.44. The number of methoxy groups -OCH3 is 1. The Morgan fingerprint density at radius 3 is 2.57 bits per heavy atom. The fourth-order valence-corrected chi connectivity index (χ4v) is 4.46. The maximum absolute atomic E-state index is 12.3. The molecule has 0 aliphatic rings. The highest BCUT2D eigenvalue weighted by atomic mass is 32.2. The van der Waals surface area contributed by atoms with Crippen molar-refractivity contribution < 1.29 is 17.9 Å². The van der Waals surface area contributed by atoms with E-state index in [1.807, 2.05) is 12.1 Å². The first-order valence-electron chi connectivity index (χ1n) is 8.43.